The van der Waals surface area contributed by atoms with Crippen LogP contribution in [0.4, 0.5) is 13.2 Å². The Morgan fingerprint density at radius 2 is 2.00 bits per heavy atom. The van der Waals surface area contributed by atoms with E-state index < -0.39 is 31.4 Å². The van der Waals surface area contributed by atoms with E-state index in [-0.39, 0.29) is 12.5 Å². The van der Waals surface area contributed by atoms with Gasteiger partial charge in [0.05, 0.1) is 6.10 Å². The molecule has 0 aromatic carbocycles. The number of carbonyl (C=O) groups excluding carboxylic acids is 1. The number of halogens is 3. The summed E-state index contributed by atoms with van der Waals surface area (Å²) in [6.07, 6.45) is -5.15. The van der Waals surface area contributed by atoms with E-state index in [1.54, 1.807) is 13.8 Å². The van der Waals surface area contributed by atoms with Crippen LogP contribution in [0.5, 0.6) is 0 Å². The molecule has 0 radical (unpaired) electrons. The molecule has 1 amide bonds. The van der Waals surface area contributed by atoms with Gasteiger partial charge in [0, 0.05) is 6.54 Å². The molecule has 1 atom stereocenters. The number of rotatable bonds is 6. The monoisotopic (exact) mass is 243 g/mol. The van der Waals surface area contributed by atoms with Crippen molar-refractivity contribution in [3.63, 3.8) is 0 Å². The lowest BCUT2D eigenvalue weighted by Crippen LogP contribution is -2.37. The molecule has 7 heteroatoms. The predicted octanol–water partition coefficient (Wildman–Crippen LogP) is 0.698. The lowest BCUT2D eigenvalue weighted by Gasteiger charge is -2.15. The minimum Gasteiger partial charge on any atom is -0.391 e. The third kappa shape index (κ3) is 8.49. The minimum atomic E-state index is -4.43. The van der Waals surface area contributed by atoms with Gasteiger partial charge in [0.25, 0.3) is 0 Å². The molecule has 0 aromatic heterocycles. The molecule has 0 fully saturated rings. The summed E-state index contributed by atoms with van der Waals surface area (Å²) in [7, 11) is 0. The summed E-state index contributed by atoms with van der Waals surface area (Å²) in [4.78, 5) is 10.9. The summed E-state index contributed by atoms with van der Waals surface area (Å²) in [5, 5.41) is 11.6. The summed E-state index contributed by atoms with van der Waals surface area (Å²) in [5.74, 6) is -0.708. The van der Waals surface area contributed by atoms with E-state index in [0.29, 0.717) is 0 Å². The van der Waals surface area contributed by atoms with E-state index in [9.17, 15) is 23.1 Å². The molecular formula is C9H16F3NO3. The van der Waals surface area contributed by atoms with E-state index in [1.807, 2.05) is 0 Å². The Balaban J connectivity index is 3.60. The fourth-order valence-electron chi connectivity index (χ4n) is 0.765. The van der Waals surface area contributed by atoms with Crippen molar-refractivity contribution in [2.24, 2.45) is 5.92 Å². The van der Waals surface area contributed by atoms with Gasteiger partial charge in [-0.05, 0) is 5.92 Å². The summed E-state index contributed by atoms with van der Waals surface area (Å²) < 4.78 is 39.0. The van der Waals surface area contributed by atoms with Crippen LogP contribution in [0.25, 0.3) is 0 Å². The van der Waals surface area contributed by atoms with Gasteiger partial charge in [-0.15, -0.1) is 0 Å². The highest BCUT2D eigenvalue weighted by molar-refractivity contribution is 5.77. The molecule has 0 saturated carbocycles. The number of aliphatic hydroxyl groups excluding tert-OH is 1. The second-order valence-electron chi connectivity index (χ2n) is 3.72. The highest BCUT2D eigenvalue weighted by Gasteiger charge is 2.27. The van der Waals surface area contributed by atoms with Gasteiger partial charge in [0.1, 0.15) is 13.2 Å². The molecule has 4 nitrogen and oxygen atoms in total. The molecule has 0 aliphatic carbocycles. The fourth-order valence-corrected chi connectivity index (χ4v) is 0.765. The first-order chi connectivity index (χ1) is 7.22. The molecule has 0 spiro atoms. The highest BCUT2D eigenvalue weighted by atomic mass is 19.4. The van der Waals surface area contributed by atoms with Gasteiger partial charge >= 0.3 is 6.18 Å². The Morgan fingerprint density at radius 1 is 1.44 bits per heavy atom. The topological polar surface area (TPSA) is 58.6 Å². The number of alkyl halides is 3. The SMILES string of the molecule is CC(C)C(O)CNC(=O)COCC(F)(F)F. The minimum absolute atomic E-state index is 0.00583. The maximum atomic E-state index is 11.6. The maximum Gasteiger partial charge on any atom is 0.411 e. The average molecular weight is 243 g/mol. The van der Waals surface area contributed by atoms with Crippen LogP contribution in [0.1, 0.15) is 13.8 Å². The molecule has 0 aliphatic heterocycles. The molecule has 0 aliphatic rings. The number of hydrogen-bond donors (Lipinski definition) is 2. The third-order valence-corrected chi connectivity index (χ3v) is 1.78. The van der Waals surface area contributed by atoms with Crippen molar-refractivity contribution in [3.8, 4) is 0 Å². The third-order valence-electron chi connectivity index (χ3n) is 1.78. The van der Waals surface area contributed by atoms with E-state index in [1.165, 1.54) is 0 Å². The molecule has 0 aromatic rings. The Bertz CT molecular complexity index is 219. The number of nitrogens with one attached hydrogen (secondary N) is 1. The molecular weight excluding hydrogens is 227 g/mol. The molecule has 0 heterocycles. The van der Waals surface area contributed by atoms with Crippen molar-refractivity contribution in [2.75, 3.05) is 19.8 Å². The number of ether oxygens (including phenoxy) is 1. The van der Waals surface area contributed by atoms with Crippen LogP contribution in [0, 0.1) is 5.92 Å². The average Bonchev–Trinajstić information content (AvgIpc) is 2.11. The zero-order valence-electron chi connectivity index (χ0n) is 9.17. The van der Waals surface area contributed by atoms with Gasteiger partial charge in [-0.3, -0.25) is 4.79 Å². The Kier molecular flexibility index (Phi) is 6.35. The van der Waals surface area contributed by atoms with E-state index >= 15 is 0 Å². The quantitative estimate of drug-likeness (QED) is 0.722. The second kappa shape index (κ2) is 6.70. The Morgan fingerprint density at radius 3 is 2.44 bits per heavy atom. The molecule has 0 bridgehead atoms. The van der Waals surface area contributed by atoms with Gasteiger partial charge in [0.15, 0.2) is 0 Å². The first-order valence-corrected chi connectivity index (χ1v) is 4.81. The Labute approximate surface area is 91.8 Å². The molecule has 0 saturated heterocycles. The number of aliphatic hydroxyl groups is 1. The lowest BCUT2D eigenvalue weighted by molar-refractivity contribution is -0.175. The molecule has 96 valence electrons. The van der Waals surface area contributed by atoms with Crippen molar-refractivity contribution in [2.45, 2.75) is 26.1 Å². The van der Waals surface area contributed by atoms with Crippen molar-refractivity contribution < 1.29 is 27.8 Å². The summed E-state index contributed by atoms with van der Waals surface area (Å²) in [6, 6.07) is 0. The Hall–Kier alpha value is -0.820. The van der Waals surface area contributed by atoms with Crippen LogP contribution < -0.4 is 5.32 Å². The van der Waals surface area contributed by atoms with Crippen LogP contribution in [-0.2, 0) is 9.53 Å². The van der Waals surface area contributed by atoms with Gasteiger partial charge in [0.2, 0.25) is 5.91 Å². The predicted molar refractivity (Wildman–Crippen MR) is 50.7 cm³/mol. The van der Waals surface area contributed by atoms with Crippen molar-refractivity contribution >= 4 is 5.91 Å². The van der Waals surface area contributed by atoms with Gasteiger partial charge in [-0.25, -0.2) is 0 Å². The first kappa shape index (κ1) is 15.2. The summed E-state index contributed by atoms with van der Waals surface area (Å²) >= 11 is 0. The number of carbonyl (C=O) groups is 1. The molecule has 2 N–H and O–H groups in total. The zero-order valence-corrected chi connectivity index (χ0v) is 9.17. The fraction of sp³-hybridized carbons (Fsp3) is 0.889. The van der Waals surface area contributed by atoms with Gasteiger partial charge in [-0.1, -0.05) is 13.8 Å². The zero-order chi connectivity index (χ0) is 12.8. The standard InChI is InChI=1S/C9H16F3NO3/c1-6(2)7(14)3-13-8(15)4-16-5-9(10,11)12/h6-7,14H,3-5H2,1-2H3,(H,13,15). The van der Waals surface area contributed by atoms with E-state index in [2.05, 4.69) is 10.1 Å². The van der Waals surface area contributed by atoms with Crippen molar-refractivity contribution in [1.29, 1.82) is 0 Å². The molecule has 1 unspecified atom stereocenters. The molecule has 16 heavy (non-hydrogen) atoms. The van der Waals surface area contributed by atoms with Crippen molar-refractivity contribution in [3.05, 3.63) is 0 Å². The largest absolute Gasteiger partial charge is 0.411 e. The first-order valence-electron chi connectivity index (χ1n) is 4.81. The van der Waals surface area contributed by atoms with E-state index in [0.717, 1.165) is 0 Å². The number of hydrogen-bond acceptors (Lipinski definition) is 3. The van der Waals surface area contributed by atoms with Crippen LogP contribution in [0.2, 0.25) is 0 Å². The van der Waals surface area contributed by atoms with Crippen LogP contribution in [-0.4, -0.2) is 43.1 Å². The second-order valence-corrected chi connectivity index (χ2v) is 3.72. The van der Waals surface area contributed by atoms with Crippen molar-refractivity contribution in [1.82, 2.24) is 5.32 Å². The normalized spacial score (nSPS) is 13.9. The maximum absolute atomic E-state index is 11.6. The van der Waals surface area contributed by atoms with Crippen LogP contribution in [0.3, 0.4) is 0 Å². The molecule has 0 rings (SSSR count). The van der Waals surface area contributed by atoms with Crippen LogP contribution in [0.15, 0.2) is 0 Å². The van der Waals surface area contributed by atoms with Gasteiger partial charge < -0.3 is 15.2 Å². The number of amides is 1. The smallest absolute Gasteiger partial charge is 0.391 e. The van der Waals surface area contributed by atoms with E-state index in [4.69, 9.17) is 0 Å². The highest BCUT2D eigenvalue weighted by Crippen LogP contribution is 2.13. The lowest BCUT2D eigenvalue weighted by atomic mass is 10.1. The summed E-state index contributed by atoms with van der Waals surface area (Å²) in [6.45, 7) is 1.41. The van der Waals surface area contributed by atoms with Gasteiger partial charge in [-0.2, -0.15) is 13.2 Å². The van der Waals surface area contributed by atoms with Crippen LogP contribution >= 0.6 is 0 Å². The summed E-state index contributed by atoms with van der Waals surface area (Å²) in [5.41, 5.74) is 0.